The van der Waals surface area contributed by atoms with E-state index in [1.54, 1.807) is 30.5 Å². The van der Waals surface area contributed by atoms with Crippen LogP contribution in [0.25, 0.3) is 10.6 Å². The molecule has 1 aliphatic heterocycles. The van der Waals surface area contributed by atoms with Crippen molar-refractivity contribution in [3.8, 4) is 10.6 Å². The van der Waals surface area contributed by atoms with E-state index < -0.39 is 0 Å². The number of amides is 1. The first kappa shape index (κ1) is 23.3. The van der Waals surface area contributed by atoms with Crippen LogP contribution in [0.4, 0.5) is 0 Å². The molecule has 0 spiro atoms. The molecule has 1 aromatic carbocycles. The van der Waals surface area contributed by atoms with Gasteiger partial charge in [-0.1, -0.05) is 30.3 Å². The molecule has 0 atom stereocenters. The van der Waals surface area contributed by atoms with E-state index in [1.807, 2.05) is 30.0 Å². The van der Waals surface area contributed by atoms with Crippen LogP contribution < -0.4 is 5.32 Å². The van der Waals surface area contributed by atoms with Crippen molar-refractivity contribution < 1.29 is 9.21 Å². The van der Waals surface area contributed by atoms with E-state index in [1.165, 1.54) is 11.1 Å². The van der Waals surface area contributed by atoms with Gasteiger partial charge in [-0.15, -0.1) is 35.3 Å². The van der Waals surface area contributed by atoms with E-state index in [4.69, 9.17) is 9.40 Å². The average Bonchev–Trinajstić information content (AvgIpc) is 3.45. The number of benzene rings is 1. The van der Waals surface area contributed by atoms with E-state index in [-0.39, 0.29) is 29.9 Å². The zero-order valence-corrected chi connectivity index (χ0v) is 20.7. The summed E-state index contributed by atoms with van der Waals surface area (Å²) in [6.07, 6.45) is 1.53. The van der Waals surface area contributed by atoms with Crippen LogP contribution in [0.3, 0.4) is 0 Å². The molecule has 0 bridgehead atoms. The van der Waals surface area contributed by atoms with Gasteiger partial charge in [0.2, 0.25) is 0 Å². The number of thiazole rings is 1. The molecule has 1 aliphatic rings. The van der Waals surface area contributed by atoms with Gasteiger partial charge in [0.05, 0.1) is 18.5 Å². The molecule has 1 saturated heterocycles. The largest absolute Gasteiger partial charge is 0.459 e. The number of guanidine groups is 1. The van der Waals surface area contributed by atoms with E-state index in [0.717, 1.165) is 35.3 Å². The molecule has 0 unspecified atom stereocenters. The predicted molar refractivity (Wildman–Crippen MR) is 134 cm³/mol. The molecule has 1 amide bonds. The minimum atomic E-state index is -0.0590. The second-order valence-electron chi connectivity index (χ2n) is 7.05. The van der Waals surface area contributed by atoms with Crippen molar-refractivity contribution in [1.29, 1.82) is 0 Å². The van der Waals surface area contributed by atoms with Gasteiger partial charge in [-0.25, -0.2) is 4.98 Å². The Kier molecular flexibility index (Phi) is 8.08. The number of hydrogen-bond acceptors (Lipinski definition) is 5. The van der Waals surface area contributed by atoms with Crippen molar-refractivity contribution in [1.82, 2.24) is 20.1 Å². The number of aliphatic imine (C=N–C) groups is 1. The highest BCUT2D eigenvalue weighted by Crippen LogP contribution is 2.27. The van der Waals surface area contributed by atoms with Gasteiger partial charge in [-0.05, 0) is 19.1 Å². The highest BCUT2D eigenvalue weighted by Gasteiger charge is 2.25. The van der Waals surface area contributed by atoms with Gasteiger partial charge in [-0.3, -0.25) is 9.79 Å². The molecule has 2 aromatic heterocycles. The van der Waals surface area contributed by atoms with Gasteiger partial charge in [0.25, 0.3) is 5.91 Å². The molecule has 9 heteroatoms. The Morgan fingerprint density at radius 3 is 2.48 bits per heavy atom. The topological polar surface area (TPSA) is 74.0 Å². The minimum absolute atomic E-state index is 0. The molecule has 4 rings (SSSR count). The summed E-state index contributed by atoms with van der Waals surface area (Å²) in [4.78, 5) is 26.8. The van der Waals surface area contributed by atoms with E-state index >= 15 is 0 Å². The Balaban J connectivity index is 0.00000272. The van der Waals surface area contributed by atoms with Crippen LogP contribution in [0.2, 0.25) is 0 Å². The third-order valence-electron chi connectivity index (χ3n) is 5.13. The van der Waals surface area contributed by atoms with Crippen LogP contribution in [-0.4, -0.2) is 59.9 Å². The summed E-state index contributed by atoms with van der Waals surface area (Å²) in [5.74, 6) is 1.17. The molecule has 164 valence electrons. The second kappa shape index (κ2) is 10.8. The molecular formula is C22H26IN5O2S. The quantitative estimate of drug-likeness (QED) is 0.303. The van der Waals surface area contributed by atoms with Crippen LogP contribution in [0.5, 0.6) is 0 Å². The molecule has 7 nitrogen and oxygen atoms in total. The number of nitrogens with zero attached hydrogens (tertiary/aromatic N) is 4. The Morgan fingerprint density at radius 1 is 1.13 bits per heavy atom. The van der Waals surface area contributed by atoms with Crippen LogP contribution in [-0.2, 0) is 6.54 Å². The number of hydrogen-bond donors (Lipinski definition) is 1. The maximum absolute atomic E-state index is 12.4. The first-order valence-corrected chi connectivity index (χ1v) is 10.8. The smallest absolute Gasteiger partial charge is 0.289 e. The fraction of sp³-hybridized carbons (Fsp3) is 0.318. The first-order valence-electron chi connectivity index (χ1n) is 9.96. The summed E-state index contributed by atoms with van der Waals surface area (Å²) >= 11 is 1.70. The molecule has 0 aliphatic carbocycles. The maximum Gasteiger partial charge on any atom is 0.289 e. The predicted octanol–water partition coefficient (Wildman–Crippen LogP) is 3.86. The van der Waals surface area contributed by atoms with E-state index in [0.29, 0.717) is 25.4 Å². The molecule has 3 heterocycles. The molecule has 0 radical (unpaired) electrons. The summed E-state index contributed by atoms with van der Waals surface area (Å²) < 4.78 is 5.23. The van der Waals surface area contributed by atoms with Crippen LogP contribution in [0, 0.1) is 6.92 Å². The molecular weight excluding hydrogens is 525 g/mol. The molecule has 0 saturated carbocycles. The van der Waals surface area contributed by atoms with Crippen molar-refractivity contribution in [3.63, 3.8) is 0 Å². The third kappa shape index (κ3) is 5.45. The summed E-state index contributed by atoms with van der Waals surface area (Å²) in [7, 11) is 1.79. The fourth-order valence-electron chi connectivity index (χ4n) is 3.47. The van der Waals surface area contributed by atoms with E-state index in [2.05, 4.69) is 27.3 Å². The molecule has 1 fully saturated rings. The average molecular weight is 551 g/mol. The number of nitrogens with one attached hydrogen (secondary N) is 1. The van der Waals surface area contributed by atoms with Crippen molar-refractivity contribution in [3.05, 3.63) is 65.1 Å². The number of aryl methyl sites for hydroxylation is 1. The number of aromatic nitrogens is 1. The van der Waals surface area contributed by atoms with Crippen LogP contribution >= 0.6 is 35.3 Å². The summed E-state index contributed by atoms with van der Waals surface area (Å²) in [5.41, 5.74) is 2.18. The first-order chi connectivity index (χ1) is 14.7. The Labute approximate surface area is 203 Å². The number of furan rings is 1. The summed E-state index contributed by atoms with van der Waals surface area (Å²) in [6, 6.07) is 13.7. The lowest BCUT2D eigenvalue weighted by Gasteiger charge is -2.36. The Bertz CT molecular complexity index is 1010. The number of rotatable bonds is 4. The highest BCUT2D eigenvalue weighted by atomic mass is 127. The van der Waals surface area contributed by atoms with Crippen LogP contribution in [0.1, 0.15) is 21.1 Å². The zero-order valence-electron chi connectivity index (χ0n) is 17.6. The molecule has 1 N–H and O–H groups in total. The SMILES string of the molecule is CN=C(NCc1sc(-c2ccccc2)nc1C)N1CCN(C(=O)c2ccco2)CC1.I. The van der Waals surface area contributed by atoms with Crippen molar-refractivity contribution >= 4 is 47.2 Å². The number of halogens is 1. The highest BCUT2D eigenvalue weighted by molar-refractivity contribution is 14.0. The summed E-state index contributed by atoms with van der Waals surface area (Å²) in [6.45, 7) is 5.44. The third-order valence-corrected chi connectivity index (χ3v) is 6.34. The van der Waals surface area contributed by atoms with Gasteiger partial charge in [0.1, 0.15) is 5.01 Å². The van der Waals surface area contributed by atoms with Gasteiger partial charge in [-0.2, -0.15) is 0 Å². The fourth-order valence-corrected chi connectivity index (χ4v) is 4.47. The van der Waals surface area contributed by atoms with Crippen molar-refractivity contribution in [2.75, 3.05) is 33.2 Å². The monoisotopic (exact) mass is 551 g/mol. The maximum atomic E-state index is 12.4. The number of carbonyl (C=O) groups excluding carboxylic acids is 1. The van der Waals surface area contributed by atoms with Gasteiger partial charge in [0, 0.05) is 43.7 Å². The van der Waals surface area contributed by atoms with E-state index in [9.17, 15) is 4.79 Å². The molecule has 31 heavy (non-hydrogen) atoms. The lowest BCUT2D eigenvalue weighted by Crippen LogP contribution is -2.53. The van der Waals surface area contributed by atoms with Crippen molar-refractivity contribution in [2.24, 2.45) is 4.99 Å². The second-order valence-corrected chi connectivity index (χ2v) is 8.13. The zero-order chi connectivity index (χ0) is 20.9. The normalized spacial score (nSPS) is 14.3. The lowest BCUT2D eigenvalue weighted by atomic mass is 10.2. The number of piperazine rings is 1. The number of carbonyl (C=O) groups is 1. The van der Waals surface area contributed by atoms with Gasteiger partial charge in [0.15, 0.2) is 11.7 Å². The van der Waals surface area contributed by atoms with Gasteiger partial charge < -0.3 is 19.5 Å². The summed E-state index contributed by atoms with van der Waals surface area (Å²) in [5, 5.41) is 4.49. The minimum Gasteiger partial charge on any atom is -0.459 e. The van der Waals surface area contributed by atoms with Crippen molar-refractivity contribution in [2.45, 2.75) is 13.5 Å². The Morgan fingerprint density at radius 2 is 1.84 bits per heavy atom. The standard InChI is InChI=1S/C22H25N5O2S.HI/c1-16-19(30-20(25-16)17-7-4-3-5-8-17)15-24-22(23-2)27-12-10-26(11-13-27)21(28)18-9-6-14-29-18;/h3-9,14H,10-13,15H2,1-2H3,(H,23,24);1H. The molecule has 3 aromatic rings. The Hall–Kier alpha value is -2.40. The lowest BCUT2D eigenvalue weighted by molar-refractivity contribution is 0.0657. The van der Waals surface area contributed by atoms with Gasteiger partial charge >= 0.3 is 0 Å². The van der Waals surface area contributed by atoms with Crippen LogP contribution in [0.15, 0.2) is 58.1 Å².